The molecule has 0 spiro atoms. The monoisotopic (exact) mass is 652 g/mol. The molecule has 0 aromatic heterocycles. The number of carbonyl (C=O) groups is 1. The summed E-state index contributed by atoms with van der Waals surface area (Å²) < 4.78 is 17.8. The first kappa shape index (κ1) is 36.7. The van der Waals surface area contributed by atoms with Crippen LogP contribution < -0.4 is 33.2 Å². The molecule has 0 radical (unpaired) electrons. The second-order valence-corrected chi connectivity index (χ2v) is 13.4. The molecule has 2 aliphatic heterocycles. The maximum absolute atomic E-state index is 13.1. The summed E-state index contributed by atoms with van der Waals surface area (Å²) >= 11 is 0. The molecule has 4 aliphatic rings. The first-order valence-corrected chi connectivity index (χ1v) is 15.4. The Hall–Kier alpha value is -1.17. The molecule has 0 bridgehead atoms. The fourth-order valence-corrected chi connectivity index (χ4v) is 7.01. The smallest absolute Gasteiger partial charge is 0.252 e. The summed E-state index contributed by atoms with van der Waals surface area (Å²) in [5.41, 5.74) is 14.8. The van der Waals surface area contributed by atoms with Gasteiger partial charge in [0.1, 0.15) is 41.7 Å². The van der Waals surface area contributed by atoms with Crippen molar-refractivity contribution >= 4 is 5.91 Å². The van der Waals surface area contributed by atoms with Gasteiger partial charge in [0, 0.05) is 50.0 Å². The SMILES string of the molecule is CNC1C(O)C(OC2C(NC(=O)C3(O)CC(N)C3)CC(N)C(C3OC(CNCC(N)CO)C(O)C(O)C3O)C2O)OCC1(C)O. The lowest BCUT2D eigenvalue weighted by Gasteiger charge is -2.52. The molecule has 15 atom stereocenters. The zero-order chi connectivity index (χ0) is 33.4. The third kappa shape index (κ3) is 7.62. The molecule has 4 rings (SSSR count). The molecule has 4 fully saturated rings. The second kappa shape index (κ2) is 14.5. The summed E-state index contributed by atoms with van der Waals surface area (Å²) in [5, 5.41) is 94.2. The zero-order valence-corrected chi connectivity index (χ0v) is 25.6. The van der Waals surface area contributed by atoms with Crippen LogP contribution >= 0.6 is 0 Å². The van der Waals surface area contributed by atoms with Crippen molar-refractivity contribution in [2.45, 2.75) is 123 Å². The van der Waals surface area contributed by atoms with E-state index in [9.17, 15) is 45.6 Å². The van der Waals surface area contributed by atoms with Gasteiger partial charge < -0.3 is 88.2 Å². The Morgan fingerprint density at radius 3 is 2.31 bits per heavy atom. The average molecular weight is 653 g/mol. The Morgan fingerprint density at radius 1 is 1.04 bits per heavy atom. The van der Waals surface area contributed by atoms with E-state index in [0.717, 1.165) is 0 Å². The van der Waals surface area contributed by atoms with Gasteiger partial charge in [0.05, 0.1) is 43.6 Å². The summed E-state index contributed by atoms with van der Waals surface area (Å²) in [7, 11) is 1.53. The van der Waals surface area contributed by atoms with Crippen LogP contribution in [0.2, 0.25) is 0 Å². The van der Waals surface area contributed by atoms with Gasteiger partial charge in [-0.2, -0.15) is 0 Å². The van der Waals surface area contributed by atoms with Crippen LogP contribution in [-0.4, -0.2) is 177 Å². The van der Waals surface area contributed by atoms with Crippen LogP contribution in [0, 0.1) is 5.92 Å². The predicted molar refractivity (Wildman–Crippen MR) is 155 cm³/mol. The van der Waals surface area contributed by atoms with E-state index in [1.807, 2.05) is 0 Å². The third-order valence-corrected chi connectivity index (χ3v) is 9.63. The van der Waals surface area contributed by atoms with Gasteiger partial charge in [0.2, 0.25) is 0 Å². The Bertz CT molecular complexity index is 994. The molecule has 2 saturated heterocycles. The summed E-state index contributed by atoms with van der Waals surface area (Å²) in [5.74, 6) is -1.88. The third-order valence-electron chi connectivity index (χ3n) is 9.63. The first-order valence-electron chi connectivity index (χ1n) is 15.4. The minimum atomic E-state index is -1.73. The van der Waals surface area contributed by atoms with Crippen molar-refractivity contribution in [3.63, 3.8) is 0 Å². The fraction of sp³-hybridized carbons (Fsp3) is 0.963. The van der Waals surface area contributed by atoms with Gasteiger partial charge >= 0.3 is 0 Å². The molecule has 2 aliphatic carbocycles. The van der Waals surface area contributed by atoms with Crippen molar-refractivity contribution < 1.29 is 59.9 Å². The maximum Gasteiger partial charge on any atom is 0.252 e. The van der Waals surface area contributed by atoms with E-state index in [4.69, 9.17) is 31.4 Å². The number of carbonyl (C=O) groups excluding carboxylic acids is 1. The molecule has 45 heavy (non-hydrogen) atoms. The lowest BCUT2D eigenvalue weighted by Crippen LogP contribution is -2.72. The van der Waals surface area contributed by atoms with Crippen LogP contribution in [-0.2, 0) is 19.0 Å². The summed E-state index contributed by atoms with van der Waals surface area (Å²) in [6, 6.07) is -3.84. The number of aliphatic hydroxyl groups excluding tert-OH is 6. The Labute approximate surface area is 261 Å². The molecule has 262 valence electrons. The molecule has 17 N–H and O–H groups in total. The highest BCUT2D eigenvalue weighted by Gasteiger charge is 2.57. The van der Waals surface area contributed by atoms with Crippen molar-refractivity contribution in [3.8, 4) is 0 Å². The number of hydrogen-bond donors (Lipinski definition) is 14. The normalized spacial score (nSPS) is 49.6. The van der Waals surface area contributed by atoms with Gasteiger partial charge in [-0.05, 0) is 20.4 Å². The first-order chi connectivity index (χ1) is 21.0. The van der Waals surface area contributed by atoms with E-state index in [2.05, 4.69) is 16.0 Å². The van der Waals surface area contributed by atoms with E-state index < -0.39 is 102 Å². The van der Waals surface area contributed by atoms with Crippen LogP contribution in [0.1, 0.15) is 26.2 Å². The summed E-state index contributed by atoms with van der Waals surface area (Å²) in [4.78, 5) is 13.1. The largest absolute Gasteiger partial charge is 0.395 e. The predicted octanol–water partition coefficient (Wildman–Crippen LogP) is -7.77. The summed E-state index contributed by atoms with van der Waals surface area (Å²) in [6.07, 6.45) is -13.1. The van der Waals surface area contributed by atoms with Crippen molar-refractivity contribution in [3.05, 3.63) is 0 Å². The van der Waals surface area contributed by atoms with E-state index in [1.165, 1.54) is 14.0 Å². The maximum atomic E-state index is 13.1. The fourth-order valence-electron chi connectivity index (χ4n) is 7.01. The molecule has 18 nitrogen and oxygen atoms in total. The van der Waals surface area contributed by atoms with Gasteiger partial charge in [-0.15, -0.1) is 0 Å². The van der Waals surface area contributed by atoms with Gasteiger partial charge in [-0.1, -0.05) is 0 Å². The summed E-state index contributed by atoms with van der Waals surface area (Å²) in [6.45, 7) is 1.07. The van der Waals surface area contributed by atoms with Crippen molar-refractivity contribution in [2.75, 3.05) is 33.4 Å². The molecule has 18 heteroatoms. The van der Waals surface area contributed by atoms with Crippen LogP contribution in [0.3, 0.4) is 0 Å². The Balaban J connectivity index is 1.58. The Morgan fingerprint density at radius 2 is 1.71 bits per heavy atom. The van der Waals surface area contributed by atoms with Crippen LogP contribution in [0.15, 0.2) is 0 Å². The Kier molecular flexibility index (Phi) is 11.8. The van der Waals surface area contributed by atoms with E-state index >= 15 is 0 Å². The molecule has 1 amide bonds. The van der Waals surface area contributed by atoms with Crippen molar-refractivity contribution in [1.29, 1.82) is 0 Å². The van der Waals surface area contributed by atoms with E-state index in [0.29, 0.717) is 0 Å². The molecule has 0 aromatic carbocycles. The molecular weight excluding hydrogens is 600 g/mol. The number of aliphatic hydroxyl groups is 8. The van der Waals surface area contributed by atoms with Crippen LogP contribution in [0.5, 0.6) is 0 Å². The van der Waals surface area contributed by atoms with Crippen LogP contribution in [0.4, 0.5) is 0 Å². The lowest BCUT2D eigenvalue weighted by molar-refractivity contribution is -0.303. The number of hydrogen-bond acceptors (Lipinski definition) is 17. The molecule has 0 aromatic rings. The highest BCUT2D eigenvalue weighted by molar-refractivity contribution is 5.86. The minimum absolute atomic E-state index is 0.0264. The lowest BCUT2D eigenvalue weighted by atomic mass is 9.71. The molecule has 2 heterocycles. The molecule has 2 saturated carbocycles. The quantitative estimate of drug-likeness (QED) is 0.0985. The van der Waals surface area contributed by atoms with E-state index in [1.54, 1.807) is 0 Å². The van der Waals surface area contributed by atoms with E-state index in [-0.39, 0.29) is 51.6 Å². The zero-order valence-electron chi connectivity index (χ0n) is 25.6. The van der Waals surface area contributed by atoms with Gasteiger partial charge in [0.15, 0.2) is 6.29 Å². The minimum Gasteiger partial charge on any atom is -0.395 e. The van der Waals surface area contributed by atoms with Gasteiger partial charge in [-0.3, -0.25) is 4.79 Å². The van der Waals surface area contributed by atoms with Crippen LogP contribution in [0.25, 0.3) is 0 Å². The molecular formula is C27H52N6O12. The topological polar surface area (TPSA) is 321 Å². The number of nitrogens with one attached hydrogen (secondary N) is 3. The number of ether oxygens (including phenoxy) is 3. The number of rotatable bonds is 11. The van der Waals surface area contributed by atoms with Crippen molar-refractivity contribution in [1.82, 2.24) is 16.0 Å². The standard InChI is InChI=1S/C27H52N6O12/c1-26(41)9-43-24(20(39)23(26)31-2)45-21-13(33-25(40)27(42)4-10(28)5-27)3-12(30)15(17(21)36)22-19(38)18(37)16(35)14(44-22)7-32-6-11(29)8-34/h10-24,31-32,34-39,41-42H,3-9,28-30H2,1-2H3,(H,33,40). The number of likely N-dealkylation sites (N-methyl/N-ethyl adjacent to an activating group) is 1. The van der Waals surface area contributed by atoms with Gasteiger partial charge in [-0.25, -0.2) is 0 Å². The highest BCUT2D eigenvalue weighted by atomic mass is 16.7. The van der Waals surface area contributed by atoms with Crippen molar-refractivity contribution in [2.24, 2.45) is 23.1 Å². The van der Waals surface area contributed by atoms with Gasteiger partial charge in [0.25, 0.3) is 5.91 Å². The average Bonchev–Trinajstić information content (AvgIpc) is 2.95. The highest BCUT2D eigenvalue weighted by Crippen LogP contribution is 2.38. The second-order valence-electron chi connectivity index (χ2n) is 13.4. The number of nitrogens with two attached hydrogens (primary N) is 3. The molecule has 15 unspecified atom stereocenters. The number of amides is 1.